The lowest BCUT2D eigenvalue weighted by Gasteiger charge is -2.34. The van der Waals surface area contributed by atoms with Crippen LogP contribution < -0.4 is 16.4 Å². The van der Waals surface area contributed by atoms with Crippen LogP contribution in [-0.4, -0.2) is 20.8 Å². The van der Waals surface area contributed by atoms with E-state index in [1.165, 1.54) is 138 Å². The highest BCUT2D eigenvalue weighted by atomic mass is 15.0. The first-order valence-electron chi connectivity index (χ1n) is 33.0. The molecule has 11 aromatic rings. The summed E-state index contributed by atoms with van der Waals surface area (Å²) in [5.74, 6) is 0. The Balaban J connectivity index is 1.21. The molecule has 0 fully saturated rings. The summed E-state index contributed by atoms with van der Waals surface area (Å²) in [6, 6.07) is 58.7. The topological polar surface area (TPSA) is 22.8 Å². The minimum Gasteiger partial charge on any atom is -0.310 e. The van der Waals surface area contributed by atoms with Crippen molar-refractivity contribution >= 4 is 66.7 Å². The summed E-state index contributed by atoms with van der Waals surface area (Å²) in [5.41, 5.74) is 31.1. The summed E-state index contributed by atoms with van der Waals surface area (Å²) in [6.07, 6.45) is 0. The van der Waals surface area contributed by atoms with Crippen LogP contribution in [0.15, 0.2) is 146 Å². The smallest absolute Gasteiger partial charge is 0.252 e. The van der Waals surface area contributed by atoms with Gasteiger partial charge in [0, 0.05) is 55.1 Å². The van der Waals surface area contributed by atoms with Crippen LogP contribution in [-0.2, 0) is 43.3 Å². The Labute approximate surface area is 533 Å². The Morgan fingerprint density at radius 3 is 0.910 bits per heavy atom. The van der Waals surface area contributed by atoms with Crippen LogP contribution >= 0.6 is 0 Å². The molecule has 0 unspecified atom stereocenters. The standard InChI is InChI=1S/C85H96BN3/c1-78(2,3)53-28-34-69-63(47-53)73-61(49-36-55(80(7,8)9)44-56(37-49)81(10,11)12)30-32-65-76(73)88(69)71-42-52(68-27-25-26-67(87-68)51-40-59(84(19,20)21)46-60(41-51)85(22,23)24)43-72-75(71)86(65)66-33-31-62(50-38-57(82(13,14)15)45-58(39-50)83(16,17)18)74-64-48-54(79(4,5)6)29-35-70(64)89(72)77(66)74/h25-48H,1-24H3. The normalized spacial score (nSPS) is 14.0. The van der Waals surface area contributed by atoms with Crippen molar-refractivity contribution in [3.8, 4) is 56.1 Å². The van der Waals surface area contributed by atoms with Crippen LogP contribution in [0.3, 0.4) is 0 Å². The van der Waals surface area contributed by atoms with E-state index in [-0.39, 0.29) is 50.0 Å². The highest BCUT2D eigenvalue weighted by Crippen LogP contribution is 2.48. The Morgan fingerprint density at radius 2 is 0.596 bits per heavy atom. The third kappa shape index (κ3) is 10.0. The molecular formula is C85H96BN3. The number of hydrogen-bond donors (Lipinski definition) is 0. The molecule has 454 valence electrons. The average Bonchev–Trinajstić information content (AvgIpc) is 1.57. The van der Waals surface area contributed by atoms with E-state index < -0.39 is 0 Å². The summed E-state index contributed by atoms with van der Waals surface area (Å²) < 4.78 is 5.37. The zero-order chi connectivity index (χ0) is 64.2. The van der Waals surface area contributed by atoms with Gasteiger partial charge in [0.15, 0.2) is 0 Å². The molecule has 3 nitrogen and oxygen atoms in total. The molecule has 0 aliphatic carbocycles. The third-order valence-corrected chi connectivity index (χ3v) is 20.1. The summed E-state index contributed by atoms with van der Waals surface area (Å²) >= 11 is 0. The molecular weight excluding hydrogens is 1070 g/mol. The molecule has 0 saturated carbocycles. The van der Waals surface area contributed by atoms with E-state index in [9.17, 15) is 0 Å². The Morgan fingerprint density at radius 1 is 0.292 bits per heavy atom. The highest BCUT2D eigenvalue weighted by molar-refractivity contribution is 7.00. The first kappa shape index (κ1) is 60.5. The van der Waals surface area contributed by atoms with E-state index in [1.807, 2.05) is 0 Å². The first-order chi connectivity index (χ1) is 41.2. The largest absolute Gasteiger partial charge is 0.310 e. The molecule has 2 aliphatic heterocycles. The molecule has 13 rings (SSSR count). The molecule has 89 heavy (non-hydrogen) atoms. The molecule has 0 spiro atoms. The maximum absolute atomic E-state index is 5.79. The molecule has 0 bridgehead atoms. The van der Waals surface area contributed by atoms with Gasteiger partial charge in [-0.05, 0) is 187 Å². The quantitative estimate of drug-likeness (QED) is 0.161. The summed E-state index contributed by atoms with van der Waals surface area (Å²) in [4.78, 5) is 5.79. The van der Waals surface area contributed by atoms with Crippen molar-refractivity contribution in [1.82, 2.24) is 14.1 Å². The maximum Gasteiger partial charge on any atom is 0.252 e. The van der Waals surface area contributed by atoms with Gasteiger partial charge in [0.1, 0.15) is 0 Å². The molecule has 0 N–H and O–H groups in total. The Hall–Kier alpha value is -7.43. The van der Waals surface area contributed by atoms with Crippen molar-refractivity contribution in [2.75, 3.05) is 0 Å². The number of pyridine rings is 1. The zero-order valence-corrected chi connectivity index (χ0v) is 58.3. The molecule has 2 aliphatic rings. The van der Waals surface area contributed by atoms with Crippen molar-refractivity contribution in [3.63, 3.8) is 0 Å². The SMILES string of the molecule is CC(C)(C)c1cc(-c2cccc(-c3cc4c5c(c3)-n3c6ccc(C(C)(C)C)cc6c6c(-c7cc(C(C)(C)C)cc(C(C)(C)C)c7)ccc(c63)B5c3ccc(-c5cc(C(C)(C)C)cc(C(C)(C)C)c5)c5c6cc(C(C)(C)C)ccc6n-4c35)n2)cc(C(C)(C)C)c1. The van der Waals surface area contributed by atoms with Crippen LogP contribution in [0.4, 0.5) is 0 Å². The van der Waals surface area contributed by atoms with Crippen LogP contribution in [0.2, 0.25) is 0 Å². The molecule has 0 amide bonds. The van der Waals surface area contributed by atoms with Crippen molar-refractivity contribution in [2.45, 2.75) is 209 Å². The predicted octanol–water partition coefficient (Wildman–Crippen LogP) is 21.5. The zero-order valence-electron chi connectivity index (χ0n) is 58.3. The fourth-order valence-electron chi connectivity index (χ4n) is 14.3. The van der Waals surface area contributed by atoms with E-state index in [4.69, 9.17) is 4.98 Å². The lowest BCUT2D eigenvalue weighted by atomic mass is 9.34. The van der Waals surface area contributed by atoms with Gasteiger partial charge in [0.25, 0.3) is 6.71 Å². The first-order valence-corrected chi connectivity index (χ1v) is 33.0. The van der Waals surface area contributed by atoms with E-state index in [2.05, 4.69) is 321 Å². The predicted molar refractivity (Wildman–Crippen MR) is 389 cm³/mol. The Kier molecular flexibility index (Phi) is 13.3. The summed E-state index contributed by atoms with van der Waals surface area (Å²) in [5, 5.41) is 5.23. The second-order valence-electron chi connectivity index (χ2n) is 35.2. The van der Waals surface area contributed by atoms with Crippen molar-refractivity contribution < 1.29 is 0 Å². The average molecular weight is 1170 g/mol. The minimum atomic E-state index is -0.0766. The van der Waals surface area contributed by atoms with E-state index >= 15 is 0 Å². The number of aromatic nitrogens is 3. The van der Waals surface area contributed by atoms with Crippen molar-refractivity contribution in [1.29, 1.82) is 0 Å². The Bertz CT molecular complexity index is 4440. The van der Waals surface area contributed by atoms with Gasteiger partial charge < -0.3 is 9.13 Å². The van der Waals surface area contributed by atoms with E-state index in [0.29, 0.717) is 0 Å². The third-order valence-electron chi connectivity index (χ3n) is 20.1. The lowest BCUT2D eigenvalue weighted by Crippen LogP contribution is -2.59. The number of hydrogen-bond acceptors (Lipinski definition) is 1. The van der Waals surface area contributed by atoms with Gasteiger partial charge in [-0.25, -0.2) is 4.98 Å². The number of rotatable bonds is 4. The fraction of sp³-hybridized carbons (Fsp3) is 0.376. The molecule has 4 heteroatoms. The van der Waals surface area contributed by atoms with E-state index in [1.54, 1.807) is 0 Å². The number of fused-ring (bicyclic) bond motifs is 10. The van der Waals surface area contributed by atoms with Gasteiger partial charge >= 0.3 is 0 Å². The summed E-state index contributed by atoms with van der Waals surface area (Å²) in [7, 11) is 0. The molecule has 0 atom stereocenters. The van der Waals surface area contributed by atoms with Crippen molar-refractivity contribution in [3.05, 3.63) is 190 Å². The van der Waals surface area contributed by atoms with Crippen LogP contribution in [0.1, 0.15) is 211 Å². The molecule has 8 aromatic carbocycles. The van der Waals surface area contributed by atoms with Crippen molar-refractivity contribution in [2.24, 2.45) is 0 Å². The maximum atomic E-state index is 5.79. The monoisotopic (exact) mass is 1170 g/mol. The highest BCUT2D eigenvalue weighted by Gasteiger charge is 2.43. The van der Waals surface area contributed by atoms with Gasteiger partial charge in [-0.1, -0.05) is 251 Å². The molecule has 0 saturated heterocycles. The van der Waals surface area contributed by atoms with Gasteiger partial charge in [-0.2, -0.15) is 0 Å². The summed E-state index contributed by atoms with van der Waals surface area (Å²) in [6.45, 7) is 56.4. The number of benzene rings is 8. The number of nitrogens with zero attached hydrogens (tertiary/aromatic N) is 3. The fourth-order valence-corrected chi connectivity index (χ4v) is 14.3. The second-order valence-corrected chi connectivity index (χ2v) is 35.2. The lowest BCUT2D eigenvalue weighted by molar-refractivity contribution is 0.568. The van der Waals surface area contributed by atoms with Crippen LogP contribution in [0.25, 0.3) is 99.8 Å². The van der Waals surface area contributed by atoms with E-state index in [0.717, 1.165) is 22.5 Å². The molecule has 0 radical (unpaired) electrons. The second kappa shape index (κ2) is 19.5. The minimum absolute atomic E-state index is 0.0385. The van der Waals surface area contributed by atoms with Gasteiger partial charge in [0.05, 0.1) is 22.4 Å². The molecule has 5 heterocycles. The molecule has 3 aromatic heterocycles. The van der Waals surface area contributed by atoms with Gasteiger partial charge in [-0.15, -0.1) is 0 Å². The van der Waals surface area contributed by atoms with Gasteiger partial charge in [0.2, 0.25) is 0 Å². The van der Waals surface area contributed by atoms with Gasteiger partial charge in [-0.3, -0.25) is 0 Å². The van der Waals surface area contributed by atoms with Crippen LogP contribution in [0, 0.1) is 0 Å². The van der Waals surface area contributed by atoms with Crippen LogP contribution in [0.5, 0.6) is 0 Å².